The number of hydrogen-bond acceptors (Lipinski definition) is 3. The Kier molecular flexibility index (Phi) is 4.54. The summed E-state index contributed by atoms with van der Waals surface area (Å²) < 4.78 is 61.2. The molecule has 106 valence electrons. The van der Waals surface area contributed by atoms with Gasteiger partial charge >= 0.3 is 6.18 Å². The number of aryl methyl sites for hydroxylation is 1. The van der Waals surface area contributed by atoms with Gasteiger partial charge in [-0.25, -0.2) is 13.1 Å². The van der Waals surface area contributed by atoms with E-state index >= 15 is 0 Å². The Hall–Kier alpha value is -1.19. The first-order chi connectivity index (χ1) is 8.53. The molecule has 0 fully saturated rings. The first kappa shape index (κ1) is 15.9. The summed E-state index contributed by atoms with van der Waals surface area (Å²) >= 11 is 4.69. The maximum atomic E-state index is 12.0. The number of halogens is 3. The van der Waals surface area contributed by atoms with Gasteiger partial charge in [-0.1, -0.05) is 24.4 Å². The lowest BCUT2D eigenvalue weighted by Crippen LogP contribution is -2.34. The Bertz CT molecular complexity index is 597. The predicted octanol–water partition coefficient (Wildman–Crippen LogP) is 1.47. The zero-order chi connectivity index (χ0) is 14.8. The van der Waals surface area contributed by atoms with Crippen LogP contribution in [0.5, 0.6) is 0 Å². The largest absolute Gasteiger partial charge is 0.402 e. The van der Waals surface area contributed by atoms with Crippen LogP contribution in [-0.2, 0) is 10.0 Å². The molecule has 0 spiro atoms. The second-order valence-electron chi connectivity index (χ2n) is 3.78. The summed E-state index contributed by atoms with van der Waals surface area (Å²) in [5.74, 6) is 0. The SMILES string of the molecule is Cc1ccc(C(N)=S)cc1S(=O)(=O)NCC(F)(F)F. The zero-order valence-electron chi connectivity index (χ0n) is 9.78. The van der Waals surface area contributed by atoms with Crippen molar-refractivity contribution in [2.45, 2.75) is 18.0 Å². The topological polar surface area (TPSA) is 72.2 Å². The average Bonchev–Trinajstić information content (AvgIpc) is 2.25. The molecule has 1 aromatic carbocycles. The fraction of sp³-hybridized carbons (Fsp3) is 0.300. The number of benzene rings is 1. The fourth-order valence-corrected chi connectivity index (χ4v) is 2.71. The van der Waals surface area contributed by atoms with E-state index in [1.807, 2.05) is 0 Å². The molecule has 0 aliphatic carbocycles. The van der Waals surface area contributed by atoms with Crippen molar-refractivity contribution < 1.29 is 21.6 Å². The first-order valence-electron chi connectivity index (χ1n) is 5.00. The molecule has 19 heavy (non-hydrogen) atoms. The van der Waals surface area contributed by atoms with Gasteiger partial charge in [0.05, 0.1) is 4.90 Å². The highest BCUT2D eigenvalue weighted by Gasteiger charge is 2.30. The molecule has 0 saturated heterocycles. The molecule has 0 heterocycles. The van der Waals surface area contributed by atoms with E-state index in [-0.39, 0.29) is 15.4 Å². The van der Waals surface area contributed by atoms with E-state index < -0.39 is 22.7 Å². The van der Waals surface area contributed by atoms with Gasteiger partial charge in [-0.05, 0) is 18.6 Å². The van der Waals surface area contributed by atoms with E-state index in [0.29, 0.717) is 5.56 Å². The van der Waals surface area contributed by atoms with Crippen LogP contribution in [0.25, 0.3) is 0 Å². The third-order valence-corrected chi connectivity index (χ3v) is 4.00. The van der Waals surface area contributed by atoms with Gasteiger partial charge in [-0.2, -0.15) is 13.2 Å². The Labute approximate surface area is 113 Å². The van der Waals surface area contributed by atoms with Gasteiger partial charge in [-0.3, -0.25) is 0 Å². The number of nitrogens with two attached hydrogens (primary N) is 1. The van der Waals surface area contributed by atoms with Crippen molar-refractivity contribution in [3.63, 3.8) is 0 Å². The van der Waals surface area contributed by atoms with Crippen molar-refractivity contribution in [3.8, 4) is 0 Å². The summed E-state index contributed by atoms with van der Waals surface area (Å²) in [5, 5.41) is 0. The number of hydrogen-bond donors (Lipinski definition) is 2. The molecule has 0 bridgehead atoms. The molecule has 0 saturated carbocycles. The van der Waals surface area contributed by atoms with Crippen LogP contribution in [-0.4, -0.2) is 26.1 Å². The van der Waals surface area contributed by atoms with Gasteiger partial charge in [-0.15, -0.1) is 0 Å². The van der Waals surface area contributed by atoms with Crippen molar-refractivity contribution in [2.24, 2.45) is 5.73 Å². The summed E-state index contributed by atoms with van der Waals surface area (Å²) in [6.07, 6.45) is -4.62. The van der Waals surface area contributed by atoms with Crippen LogP contribution in [0.15, 0.2) is 23.1 Å². The highest BCUT2D eigenvalue weighted by molar-refractivity contribution is 7.89. The van der Waals surface area contributed by atoms with E-state index in [2.05, 4.69) is 0 Å². The summed E-state index contributed by atoms with van der Waals surface area (Å²) in [6, 6.07) is 4.08. The molecule has 0 atom stereocenters. The van der Waals surface area contributed by atoms with E-state index in [1.165, 1.54) is 23.8 Å². The van der Waals surface area contributed by atoms with E-state index in [9.17, 15) is 21.6 Å². The maximum absolute atomic E-state index is 12.0. The van der Waals surface area contributed by atoms with Gasteiger partial charge < -0.3 is 5.73 Å². The molecule has 3 N–H and O–H groups in total. The van der Waals surface area contributed by atoms with Gasteiger partial charge in [0, 0.05) is 5.56 Å². The number of nitrogens with one attached hydrogen (secondary N) is 1. The summed E-state index contributed by atoms with van der Waals surface area (Å²) in [7, 11) is -4.27. The second kappa shape index (κ2) is 5.43. The normalized spacial score (nSPS) is 12.4. The molecule has 1 rings (SSSR count). The third kappa shape index (κ3) is 4.44. The molecular formula is C10H11F3N2O2S2. The van der Waals surface area contributed by atoms with Crippen LogP contribution in [0.1, 0.15) is 11.1 Å². The molecule has 0 aliphatic rings. The van der Waals surface area contributed by atoms with Crippen LogP contribution in [0, 0.1) is 6.92 Å². The van der Waals surface area contributed by atoms with Crippen molar-refractivity contribution in [1.82, 2.24) is 4.72 Å². The van der Waals surface area contributed by atoms with Crippen LogP contribution in [0.2, 0.25) is 0 Å². The summed E-state index contributed by atoms with van der Waals surface area (Å²) in [4.78, 5) is -0.311. The van der Waals surface area contributed by atoms with Gasteiger partial charge in [0.1, 0.15) is 11.5 Å². The first-order valence-corrected chi connectivity index (χ1v) is 6.89. The molecule has 0 aromatic heterocycles. The highest BCUT2D eigenvalue weighted by atomic mass is 32.2. The minimum atomic E-state index is -4.62. The standard InChI is InChI=1S/C10H11F3N2O2S2/c1-6-2-3-7(9(14)18)4-8(6)19(16,17)15-5-10(11,12)13/h2-4,15H,5H2,1H3,(H2,14,18). The minimum Gasteiger partial charge on any atom is -0.389 e. The van der Waals surface area contributed by atoms with E-state index in [1.54, 1.807) is 0 Å². The minimum absolute atomic E-state index is 0.0349. The molecule has 0 unspecified atom stereocenters. The predicted molar refractivity (Wildman–Crippen MR) is 68.3 cm³/mol. The zero-order valence-corrected chi connectivity index (χ0v) is 11.4. The molecular weight excluding hydrogens is 301 g/mol. The highest BCUT2D eigenvalue weighted by Crippen LogP contribution is 2.19. The van der Waals surface area contributed by atoms with Crippen molar-refractivity contribution >= 4 is 27.2 Å². The number of rotatable bonds is 4. The van der Waals surface area contributed by atoms with Crippen molar-refractivity contribution in [1.29, 1.82) is 0 Å². The Morgan fingerprint density at radius 2 is 2.00 bits per heavy atom. The second-order valence-corrected chi connectivity index (χ2v) is 5.96. The van der Waals surface area contributed by atoms with Crippen molar-refractivity contribution in [2.75, 3.05) is 6.54 Å². The summed E-state index contributed by atoms with van der Waals surface area (Å²) in [6.45, 7) is -0.169. The molecule has 0 amide bonds. The summed E-state index contributed by atoms with van der Waals surface area (Å²) in [5.41, 5.74) is 5.93. The van der Waals surface area contributed by atoms with Gasteiger partial charge in [0.25, 0.3) is 0 Å². The number of thiocarbonyl (C=S) groups is 1. The van der Waals surface area contributed by atoms with Gasteiger partial charge in [0.15, 0.2) is 0 Å². The van der Waals surface area contributed by atoms with Crippen LogP contribution in [0.4, 0.5) is 13.2 Å². The lowest BCUT2D eigenvalue weighted by Gasteiger charge is -2.12. The van der Waals surface area contributed by atoms with E-state index in [0.717, 1.165) is 6.07 Å². The van der Waals surface area contributed by atoms with E-state index in [4.69, 9.17) is 18.0 Å². The van der Waals surface area contributed by atoms with Crippen LogP contribution in [0.3, 0.4) is 0 Å². The molecule has 9 heteroatoms. The fourth-order valence-electron chi connectivity index (χ4n) is 1.30. The monoisotopic (exact) mass is 312 g/mol. The number of alkyl halides is 3. The Morgan fingerprint density at radius 1 is 1.42 bits per heavy atom. The van der Waals surface area contributed by atoms with Crippen molar-refractivity contribution in [3.05, 3.63) is 29.3 Å². The van der Waals surface area contributed by atoms with Crippen LogP contribution >= 0.6 is 12.2 Å². The quantitative estimate of drug-likeness (QED) is 0.826. The Morgan fingerprint density at radius 3 is 2.47 bits per heavy atom. The lowest BCUT2D eigenvalue weighted by molar-refractivity contribution is -0.121. The third-order valence-electron chi connectivity index (χ3n) is 2.22. The van der Waals surface area contributed by atoms with Gasteiger partial charge in [0.2, 0.25) is 10.0 Å². The number of sulfonamides is 1. The van der Waals surface area contributed by atoms with Crippen LogP contribution < -0.4 is 10.5 Å². The molecule has 1 aromatic rings. The Balaban J connectivity index is 3.14. The maximum Gasteiger partial charge on any atom is 0.402 e. The molecule has 4 nitrogen and oxygen atoms in total. The molecule has 0 radical (unpaired) electrons. The molecule has 0 aliphatic heterocycles. The average molecular weight is 312 g/mol. The lowest BCUT2D eigenvalue weighted by atomic mass is 10.1. The smallest absolute Gasteiger partial charge is 0.389 e.